The van der Waals surface area contributed by atoms with Crippen molar-refractivity contribution in [2.75, 3.05) is 13.2 Å². The summed E-state index contributed by atoms with van der Waals surface area (Å²) < 4.78 is 5.41. The molecule has 56 valence electrons. The molecule has 1 fully saturated rings. The molecule has 0 amide bonds. The maximum Gasteiger partial charge on any atom is 0.0532 e. The van der Waals surface area contributed by atoms with E-state index >= 15 is 0 Å². The summed E-state index contributed by atoms with van der Waals surface area (Å²) >= 11 is 0. The molecular formula is C9H14O. The Kier molecular flexibility index (Phi) is 1.53. The van der Waals surface area contributed by atoms with E-state index in [1.807, 2.05) is 0 Å². The Balaban J connectivity index is 2.14. The van der Waals surface area contributed by atoms with Crippen LogP contribution in [0.3, 0.4) is 0 Å². The van der Waals surface area contributed by atoms with Gasteiger partial charge in [0, 0.05) is 5.92 Å². The number of fused-ring (bicyclic) bond motifs is 1. The zero-order valence-corrected chi connectivity index (χ0v) is 6.42. The summed E-state index contributed by atoms with van der Waals surface area (Å²) in [6, 6.07) is 0. The number of allylic oxidation sites excluding steroid dienone is 1. The summed E-state index contributed by atoms with van der Waals surface area (Å²) in [7, 11) is 0. The summed E-state index contributed by atoms with van der Waals surface area (Å²) in [5.41, 5.74) is 0. The second-order valence-electron chi connectivity index (χ2n) is 3.51. The highest BCUT2D eigenvalue weighted by Gasteiger charge is 2.32. The molecule has 1 saturated heterocycles. The van der Waals surface area contributed by atoms with E-state index < -0.39 is 0 Å². The van der Waals surface area contributed by atoms with Crippen LogP contribution >= 0.6 is 0 Å². The molecule has 1 aliphatic heterocycles. The fourth-order valence-corrected chi connectivity index (χ4v) is 2.01. The van der Waals surface area contributed by atoms with Crippen molar-refractivity contribution in [1.82, 2.24) is 0 Å². The van der Waals surface area contributed by atoms with Crippen LogP contribution in [0.4, 0.5) is 0 Å². The lowest BCUT2D eigenvalue weighted by Crippen LogP contribution is -2.21. The van der Waals surface area contributed by atoms with Gasteiger partial charge in [-0.1, -0.05) is 19.1 Å². The first-order valence-corrected chi connectivity index (χ1v) is 4.12. The van der Waals surface area contributed by atoms with Crippen LogP contribution in [0.15, 0.2) is 12.2 Å². The molecule has 2 aliphatic rings. The Morgan fingerprint density at radius 1 is 1.40 bits per heavy atom. The highest BCUT2D eigenvalue weighted by atomic mass is 16.5. The quantitative estimate of drug-likeness (QED) is 0.464. The van der Waals surface area contributed by atoms with Crippen molar-refractivity contribution in [2.24, 2.45) is 17.8 Å². The highest BCUT2D eigenvalue weighted by Crippen LogP contribution is 2.34. The molecule has 0 aromatic carbocycles. The van der Waals surface area contributed by atoms with Gasteiger partial charge in [-0.25, -0.2) is 0 Å². The van der Waals surface area contributed by atoms with Crippen molar-refractivity contribution in [3.8, 4) is 0 Å². The first-order valence-electron chi connectivity index (χ1n) is 4.12. The van der Waals surface area contributed by atoms with Crippen LogP contribution in [-0.4, -0.2) is 13.2 Å². The maximum atomic E-state index is 5.41. The van der Waals surface area contributed by atoms with Crippen LogP contribution in [0.25, 0.3) is 0 Å². The van der Waals surface area contributed by atoms with Crippen molar-refractivity contribution in [3.05, 3.63) is 12.2 Å². The Labute approximate surface area is 62.1 Å². The lowest BCUT2D eigenvalue weighted by atomic mass is 9.79. The molecule has 0 bridgehead atoms. The third-order valence-electron chi connectivity index (χ3n) is 2.79. The van der Waals surface area contributed by atoms with Crippen molar-refractivity contribution < 1.29 is 4.74 Å². The summed E-state index contributed by atoms with van der Waals surface area (Å²) in [5, 5.41) is 0. The molecule has 2 rings (SSSR count). The van der Waals surface area contributed by atoms with E-state index in [1.54, 1.807) is 0 Å². The summed E-state index contributed by atoms with van der Waals surface area (Å²) in [4.78, 5) is 0. The second kappa shape index (κ2) is 2.39. The van der Waals surface area contributed by atoms with Gasteiger partial charge in [-0.3, -0.25) is 0 Å². The second-order valence-corrected chi connectivity index (χ2v) is 3.51. The van der Waals surface area contributed by atoms with Crippen LogP contribution in [0.2, 0.25) is 0 Å². The molecule has 1 heterocycles. The molecule has 0 aromatic rings. The van der Waals surface area contributed by atoms with E-state index in [9.17, 15) is 0 Å². The molecule has 2 unspecified atom stereocenters. The minimum Gasteiger partial charge on any atom is -0.381 e. The highest BCUT2D eigenvalue weighted by molar-refractivity contribution is 5.01. The topological polar surface area (TPSA) is 9.23 Å². The van der Waals surface area contributed by atoms with E-state index in [2.05, 4.69) is 19.1 Å². The predicted molar refractivity (Wildman–Crippen MR) is 40.7 cm³/mol. The molecule has 0 radical (unpaired) electrons. The lowest BCUT2D eigenvalue weighted by Gasteiger charge is -2.24. The fraction of sp³-hybridized carbons (Fsp3) is 0.778. The largest absolute Gasteiger partial charge is 0.381 e. The van der Waals surface area contributed by atoms with E-state index in [0.29, 0.717) is 0 Å². The normalized spacial score (nSPS) is 45.5. The zero-order chi connectivity index (χ0) is 6.97. The van der Waals surface area contributed by atoms with Crippen molar-refractivity contribution in [2.45, 2.75) is 13.3 Å². The van der Waals surface area contributed by atoms with Gasteiger partial charge >= 0.3 is 0 Å². The number of ether oxygens (including phenoxy) is 1. The van der Waals surface area contributed by atoms with Crippen molar-refractivity contribution in [1.29, 1.82) is 0 Å². The van der Waals surface area contributed by atoms with Crippen LogP contribution in [-0.2, 0) is 4.74 Å². The third kappa shape index (κ3) is 0.891. The van der Waals surface area contributed by atoms with Gasteiger partial charge in [-0.2, -0.15) is 0 Å². The Morgan fingerprint density at radius 2 is 2.30 bits per heavy atom. The van der Waals surface area contributed by atoms with Gasteiger partial charge < -0.3 is 4.74 Å². The van der Waals surface area contributed by atoms with Crippen LogP contribution in [0.1, 0.15) is 13.3 Å². The number of hydrogen-bond donors (Lipinski definition) is 0. The average molecular weight is 138 g/mol. The molecule has 0 aromatic heterocycles. The van der Waals surface area contributed by atoms with Gasteiger partial charge in [0.2, 0.25) is 0 Å². The van der Waals surface area contributed by atoms with E-state index in [-0.39, 0.29) is 0 Å². The van der Waals surface area contributed by atoms with E-state index in [1.165, 1.54) is 6.42 Å². The van der Waals surface area contributed by atoms with Gasteiger partial charge in [0.1, 0.15) is 0 Å². The molecule has 3 atom stereocenters. The Morgan fingerprint density at radius 3 is 3.10 bits per heavy atom. The molecule has 1 nitrogen and oxygen atoms in total. The molecule has 0 spiro atoms. The van der Waals surface area contributed by atoms with E-state index in [4.69, 9.17) is 4.74 Å². The van der Waals surface area contributed by atoms with Crippen molar-refractivity contribution >= 4 is 0 Å². The minimum absolute atomic E-state index is 0.740. The first-order chi connectivity index (χ1) is 4.88. The summed E-state index contributed by atoms with van der Waals surface area (Å²) in [6.07, 6.45) is 5.89. The first kappa shape index (κ1) is 6.41. The number of hydrogen-bond acceptors (Lipinski definition) is 1. The third-order valence-corrected chi connectivity index (χ3v) is 2.79. The monoisotopic (exact) mass is 138 g/mol. The van der Waals surface area contributed by atoms with Crippen LogP contribution in [0.5, 0.6) is 0 Å². The molecule has 10 heavy (non-hydrogen) atoms. The maximum absolute atomic E-state index is 5.41. The summed E-state index contributed by atoms with van der Waals surface area (Å²) in [6.45, 7) is 4.29. The van der Waals surface area contributed by atoms with E-state index in [0.717, 1.165) is 31.0 Å². The van der Waals surface area contributed by atoms with Gasteiger partial charge in [0.15, 0.2) is 0 Å². The van der Waals surface area contributed by atoms with Gasteiger partial charge in [0.25, 0.3) is 0 Å². The number of rotatable bonds is 0. The predicted octanol–water partition coefficient (Wildman–Crippen LogP) is 1.84. The average Bonchev–Trinajstić information content (AvgIpc) is 2.36. The zero-order valence-electron chi connectivity index (χ0n) is 6.42. The molecule has 1 heteroatoms. The lowest BCUT2D eigenvalue weighted by molar-refractivity contribution is 0.174. The van der Waals surface area contributed by atoms with Crippen molar-refractivity contribution in [3.63, 3.8) is 0 Å². The van der Waals surface area contributed by atoms with Crippen LogP contribution in [0, 0.1) is 17.8 Å². The molecule has 0 saturated carbocycles. The van der Waals surface area contributed by atoms with Gasteiger partial charge in [-0.15, -0.1) is 0 Å². The summed E-state index contributed by atoms with van der Waals surface area (Å²) in [5.74, 6) is 2.41. The fourth-order valence-electron chi connectivity index (χ4n) is 2.01. The molecular weight excluding hydrogens is 124 g/mol. The van der Waals surface area contributed by atoms with Crippen LogP contribution < -0.4 is 0 Å². The SMILES string of the molecule is C[C@@H]1CC=CC2COCC21. The Bertz CT molecular complexity index is 151. The van der Waals surface area contributed by atoms with Gasteiger partial charge in [-0.05, 0) is 18.3 Å². The Hall–Kier alpha value is -0.300. The van der Waals surface area contributed by atoms with Gasteiger partial charge in [0.05, 0.1) is 13.2 Å². The molecule has 0 N–H and O–H groups in total. The minimum atomic E-state index is 0.740. The standard InChI is InChI=1S/C9H14O/c1-7-3-2-4-8-5-10-6-9(7)8/h2,4,7-9H,3,5-6H2,1H3/t7-,8?,9?/m1/s1. The smallest absolute Gasteiger partial charge is 0.0532 e. The molecule has 1 aliphatic carbocycles.